The summed E-state index contributed by atoms with van der Waals surface area (Å²) in [5, 5.41) is 29.4. The molecule has 0 spiro atoms. The van der Waals surface area contributed by atoms with Crippen LogP contribution in [0.5, 0.6) is 11.5 Å². The number of nitrogens with zero attached hydrogens (tertiary/aromatic N) is 3. The molecule has 3 heterocycles. The molecule has 2 aliphatic rings. The van der Waals surface area contributed by atoms with Gasteiger partial charge in [-0.2, -0.15) is 0 Å². The van der Waals surface area contributed by atoms with E-state index < -0.39 is 42.2 Å². The van der Waals surface area contributed by atoms with Crippen LogP contribution in [0.4, 0.5) is 0 Å². The lowest BCUT2D eigenvalue weighted by Gasteiger charge is -2.46. The third-order valence-electron chi connectivity index (χ3n) is 6.77. The molecule has 3 aromatic rings. The average Bonchev–Trinajstić information content (AvgIpc) is 3.35. The first-order valence-corrected chi connectivity index (χ1v) is 11.7. The number of methoxy groups -OCH3 is 1. The summed E-state index contributed by atoms with van der Waals surface area (Å²) < 4.78 is 24.4. The molecule has 36 heavy (non-hydrogen) atoms. The van der Waals surface area contributed by atoms with Gasteiger partial charge in [-0.15, -0.1) is 5.10 Å². The second kappa shape index (κ2) is 9.29. The topological polar surface area (TPSA) is 125 Å². The van der Waals surface area contributed by atoms with Gasteiger partial charge in [-0.05, 0) is 32.4 Å². The van der Waals surface area contributed by atoms with E-state index in [1.54, 1.807) is 39.1 Å². The summed E-state index contributed by atoms with van der Waals surface area (Å²) in [5.41, 5.74) is 2.06. The number of hydrogen-bond acceptors (Lipinski definition) is 9. The molecule has 1 unspecified atom stereocenters. The van der Waals surface area contributed by atoms with Crippen LogP contribution in [0.15, 0.2) is 48.7 Å². The van der Waals surface area contributed by atoms with Crippen LogP contribution in [0.2, 0.25) is 0 Å². The monoisotopic (exact) mass is 495 g/mol. The van der Waals surface area contributed by atoms with Gasteiger partial charge < -0.3 is 29.2 Å². The number of carbonyl (C=O) groups is 1. The molecule has 190 valence electrons. The third kappa shape index (κ3) is 4.26. The van der Waals surface area contributed by atoms with E-state index in [-0.39, 0.29) is 0 Å². The Labute approximate surface area is 208 Å². The summed E-state index contributed by atoms with van der Waals surface area (Å²) in [6.45, 7) is 5.27. The molecule has 5 atom stereocenters. The molecule has 5 rings (SSSR count). The number of aliphatic hydroxyl groups excluding tert-OH is 2. The van der Waals surface area contributed by atoms with E-state index in [4.69, 9.17) is 18.9 Å². The average molecular weight is 496 g/mol. The maximum atomic E-state index is 12.9. The van der Waals surface area contributed by atoms with Crippen LogP contribution in [0.25, 0.3) is 11.3 Å². The summed E-state index contributed by atoms with van der Waals surface area (Å²) in [6.07, 6.45) is -2.30. The molecule has 1 fully saturated rings. The van der Waals surface area contributed by atoms with E-state index >= 15 is 0 Å². The molecular formula is C26H29N3O7. The van der Waals surface area contributed by atoms with Crippen LogP contribution in [0.3, 0.4) is 0 Å². The standard InChI is InChI=1S/C26H29N3O7/c1-14-19(34-25-21(31)20(30)23(33-4)26(2,3)36-25)11-10-16-12-18(24(32)35-22(14)16)29-13-17(27-28-29)15-8-6-5-7-9-15/h5-11,13,18,20-21,23,25,30-31H,12H2,1-4H3/t18?,20-,21+,23+,25+/m0/s1. The van der Waals surface area contributed by atoms with Gasteiger partial charge in [-0.3, -0.25) is 0 Å². The van der Waals surface area contributed by atoms with Crippen molar-refractivity contribution in [1.29, 1.82) is 0 Å². The van der Waals surface area contributed by atoms with Crippen LogP contribution in [0.1, 0.15) is 31.0 Å². The first kappa shape index (κ1) is 24.4. The van der Waals surface area contributed by atoms with E-state index in [2.05, 4.69) is 10.3 Å². The Morgan fingerprint density at radius 3 is 2.58 bits per heavy atom. The molecule has 0 amide bonds. The van der Waals surface area contributed by atoms with Crippen molar-refractivity contribution in [3.8, 4) is 22.8 Å². The summed E-state index contributed by atoms with van der Waals surface area (Å²) in [6, 6.07) is 12.5. The normalized spacial score (nSPS) is 27.3. The van der Waals surface area contributed by atoms with Gasteiger partial charge in [0.25, 0.3) is 0 Å². The lowest BCUT2D eigenvalue weighted by atomic mass is 9.89. The number of hydrogen-bond donors (Lipinski definition) is 2. The zero-order valence-corrected chi connectivity index (χ0v) is 20.5. The van der Waals surface area contributed by atoms with Crippen molar-refractivity contribution in [3.63, 3.8) is 0 Å². The molecule has 2 aliphatic heterocycles. The van der Waals surface area contributed by atoms with E-state index in [1.165, 1.54) is 11.8 Å². The fourth-order valence-electron chi connectivity index (χ4n) is 4.82. The van der Waals surface area contributed by atoms with Crippen molar-refractivity contribution in [3.05, 3.63) is 59.8 Å². The van der Waals surface area contributed by atoms with Crippen molar-refractivity contribution in [2.75, 3.05) is 7.11 Å². The number of esters is 1. The molecule has 0 saturated carbocycles. The first-order chi connectivity index (χ1) is 17.2. The summed E-state index contributed by atoms with van der Waals surface area (Å²) in [5.74, 6) is 0.313. The van der Waals surface area contributed by atoms with Gasteiger partial charge in [-0.25, -0.2) is 9.48 Å². The highest BCUT2D eigenvalue weighted by Gasteiger charge is 2.50. The molecule has 2 aromatic carbocycles. The highest BCUT2D eigenvalue weighted by molar-refractivity contribution is 5.80. The predicted molar refractivity (Wildman–Crippen MR) is 127 cm³/mol. The first-order valence-electron chi connectivity index (χ1n) is 11.7. The Bertz CT molecular complexity index is 1260. The van der Waals surface area contributed by atoms with E-state index in [0.717, 1.165) is 11.1 Å². The van der Waals surface area contributed by atoms with Gasteiger partial charge in [0, 0.05) is 24.7 Å². The zero-order valence-electron chi connectivity index (χ0n) is 20.5. The number of aliphatic hydroxyl groups is 2. The molecular weight excluding hydrogens is 466 g/mol. The van der Waals surface area contributed by atoms with Crippen molar-refractivity contribution in [2.24, 2.45) is 0 Å². The highest BCUT2D eigenvalue weighted by atomic mass is 16.7. The number of benzene rings is 2. The van der Waals surface area contributed by atoms with Gasteiger partial charge >= 0.3 is 5.97 Å². The zero-order chi connectivity index (χ0) is 25.6. The van der Waals surface area contributed by atoms with Crippen LogP contribution in [0, 0.1) is 6.92 Å². The van der Waals surface area contributed by atoms with Gasteiger partial charge in [0.2, 0.25) is 6.29 Å². The minimum atomic E-state index is -1.34. The van der Waals surface area contributed by atoms with Gasteiger partial charge in [0.05, 0.1) is 11.8 Å². The maximum Gasteiger partial charge on any atom is 0.336 e. The molecule has 0 aliphatic carbocycles. The van der Waals surface area contributed by atoms with Crippen molar-refractivity contribution < 1.29 is 34.0 Å². The molecule has 1 aromatic heterocycles. The van der Waals surface area contributed by atoms with Crippen molar-refractivity contribution in [1.82, 2.24) is 15.0 Å². The van der Waals surface area contributed by atoms with Crippen molar-refractivity contribution >= 4 is 5.97 Å². The minimum absolute atomic E-state index is 0.370. The van der Waals surface area contributed by atoms with Gasteiger partial charge in [0.15, 0.2) is 6.04 Å². The predicted octanol–water partition coefficient (Wildman–Crippen LogP) is 2.21. The molecule has 1 saturated heterocycles. The smallest absolute Gasteiger partial charge is 0.336 e. The Kier molecular flexibility index (Phi) is 6.29. The Morgan fingerprint density at radius 2 is 1.86 bits per heavy atom. The molecule has 10 heteroatoms. The number of rotatable bonds is 5. The Hall–Kier alpha value is -3.31. The maximum absolute atomic E-state index is 12.9. The van der Waals surface area contributed by atoms with Crippen LogP contribution in [-0.2, 0) is 20.7 Å². The second-order valence-corrected chi connectivity index (χ2v) is 9.61. The lowest BCUT2D eigenvalue weighted by Crippen LogP contribution is -2.63. The Balaban J connectivity index is 1.36. The second-order valence-electron chi connectivity index (χ2n) is 9.61. The minimum Gasteiger partial charge on any atom is -0.462 e. The summed E-state index contributed by atoms with van der Waals surface area (Å²) in [4.78, 5) is 12.9. The van der Waals surface area contributed by atoms with E-state index in [9.17, 15) is 15.0 Å². The van der Waals surface area contributed by atoms with E-state index in [1.807, 2.05) is 30.3 Å². The molecule has 2 N–H and O–H groups in total. The largest absolute Gasteiger partial charge is 0.462 e. The molecule has 0 radical (unpaired) electrons. The Morgan fingerprint density at radius 1 is 1.11 bits per heavy atom. The van der Waals surface area contributed by atoms with Crippen molar-refractivity contribution in [2.45, 2.75) is 63.4 Å². The quantitative estimate of drug-likeness (QED) is 0.405. The fourth-order valence-corrected chi connectivity index (χ4v) is 4.82. The van der Waals surface area contributed by atoms with Gasteiger partial charge in [0.1, 0.15) is 35.5 Å². The SMILES string of the molecule is CO[C@@H]1[C@@H](O)[C@@H](O)[C@H](Oc2ccc3c(c2C)OC(=O)C(n2cc(-c4ccccc4)nn2)C3)OC1(C)C. The number of fused-ring (bicyclic) bond motifs is 1. The summed E-state index contributed by atoms with van der Waals surface area (Å²) in [7, 11) is 1.45. The van der Waals surface area contributed by atoms with E-state index in [0.29, 0.717) is 29.2 Å². The molecule has 10 nitrogen and oxygen atoms in total. The fraction of sp³-hybridized carbons (Fsp3) is 0.423. The summed E-state index contributed by atoms with van der Waals surface area (Å²) >= 11 is 0. The van der Waals surface area contributed by atoms with Crippen LogP contribution < -0.4 is 9.47 Å². The van der Waals surface area contributed by atoms with Crippen LogP contribution >= 0.6 is 0 Å². The number of carbonyl (C=O) groups excluding carboxylic acids is 1. The van der Waals surface area contributed by atoms with Gasteiger partial charge in [-0.1, -0.05) is 41.6 Å². The third-order valence-corrected chi connectivity index (χ3v) is 6.77. The highest BCUT2D eigenvalue weighted by Crippen LogP contribution is 2.40. The number of aromatic nitrogens is 3. The molecule has 0 bridgehead atoms. The van der Waals surface area contributed by atoms with Crippen LogP contribution in [-0.4, -0.2) is 68.5 Å². The lowest BCUT2D eigenvalue weighted by molar-refractivity contribution is -0.306. The number of ether oxygens (including phenoxy) is 4.